The van der Waals surface area contributed by atoms with E-state index in [2.05, 4.69) is 120 Å². The number of rotatable bonds is 13. The maximum absolute atomic E-state index is 4.88. The van der Waals surface area contributed by atoms with Gasteiger partial charge in [-0.15, -0.1) is 68.0 Å². The van der Waals surface area contributed by atoms with Gasteiger partial charge in [0.05, 0.1) is 11.7 Å². The summed E-state index contributed by atoms with van der Waals surface area (Å²) in [6.07, 6.45) is 6.59. The lowest BCUT2D eigenvalue weighted by atomic mass is 9.95. The van der Waals surface area contributed by atoms with Crippen molar-refractivity contribution in [3.05, 3.63) is 93.7 Å². The zero-order valence-corrected chi connectivity index (χ0v) is 38.8. The Morgan fingerprint density at radius 2 is 1.02 bits per heavy atom. The first-order valence-corrected chi connectivity index (χ1v) is 26.4. The predicted molar refractivity (Wildman–Crippen MR) is 254 cm³/mol. The molecule has 11 heteroatoms. The number of hydrogen-bond acceptors (Lipinski definition) is 11. The van der Waals surface area contributed by atoms with Crippen molar-refractivity contribution in [1.82, 2.24) is 8.75 Å². The summed E-state index contributed by atoms with van der Waals surface area (Å²) in [4.78, 5) is 16.4. The molecule has 8 aromatic rings. The lowest BCUT2D eigenvalue weighted by Crippen LogP contribution is -2.07. The first-order valence-electron chi connectivity index (χ1n) is 18.0. The van der Waals surface area contributed by atoms with Gasteiger partial charge in [-0.1, -0.05) is 46.8 Å². The zero-order valence-electron chi connectivity index (χ0n) is 31.4. The van der Waals surface area contributed by atoms with Crippen LogP contribution in [-0.4, -0.2) is 32.8 Å². The van der Waals surface area contributed by atoms with Gasteiger partial charge in [-0.3, -0.25) is 0 Å². The highest BCUT2D eigenvalue weighted by atomic mass is 32.2. The van der Waals surface area contributed by atoms with Gasteiger partial charge in [0.15, 0.2) is 0 Å². The van der Waals surface area contributed by atoms with Crippen LogP contribution >= 0.6 is 103 Å². The summed E-state index contributed by atoms with van der Waals surface area (Å²) in [5.74, 6) is 2.82. The molecule has 0 aliphatic carbocycles. The summed E-state index contributed by atoms with van der Waals surface area (Å²) in [6.45, 7) is 11.5. The lowest BCUT2D eigenvalue weighted by molar-refractivity contribution is 0.604. The van der Waals surface area contributed by atoms with E-state index >= 15 is 0 Å². The van der Waals surface area contributed by atoms with E-state index in [1.165, 1.54) is 92.5 Å². The second-order valence-electron chi connectivity index (χ2n) is 14.6. The standard InChI is InChI=1S/C43H42N2S9/c1-24(2)29-10-15-34(48-29)41-25(18-20-46-6)22-36(52-41)32-13-11-30(49-32)27-8-9-28(40-39(27)44-54-45-40)31-12-14-33(50-31)37-23-26(19-21-47-7)42(53-37)35-16-17-38(51-35)43(3,4)5/h8-17,22-24H,18-21H2,1-7H3. The van der Waals surface area contributed by atoms with Crippen LogP contribution in [0.25, 0.3) is 70.9 Å². The SMILES string of the molecule is CSCCc1cc(-c2ccc(-c3ccc(-c4ccc(-c5cc(CCSC)c(-c6ccc(C(C)(C)C)s6)s5)s4)c4nsnc34)s2)sc1-c1ccc(C(C)C)s1. The molecule has 0 atom stereocenters. The molecule has 0 saturated heterocycles. The lowest BCUT2D eigenvalue weighted by Gasteiger charge is -2.15. The van der Waals surface area contributed by atoms with Crippen LogP contribution in [0.4, 0.5) is 0 Å². The summed E-state index contributed by atoms with van der Waals surface area (Å²) in [6, 6.07) is 27.9. The van der Waals surface area contributed by atoms with Gasteiger partial charge in [0.2, 0.25) is 0 Å². The van der Waals surface area contributed by atoms with Crippen LogP contribution in [0.3, 0.4) is 0 Å². The molecule has 0 saturated carbocycles. The number of nitrogens with zero attached hydrogens (tertiary/aromatic N) is 2. The quantitative estimate of drug-likeness (QED) is 0.115. The minimum atomic E-state index is 0.163. The van der Waals surface area contributed by atoms with Crippen LogP contribution in [0.1, 0.15) is 61.4 Å². The van der Waals surface area contributed by atoms with E-state index in [0.717, 1.165) is 35.4 Å². The van der Waals surface area contributed by atoms with Crippen molar-refractivity contribution >= 4 is 114 Å². The Morgan fingerprint density at radius 1 is 0.537 bits per heavy atom. The number of aryl methyl sites for hydroxylation is 2. The molecular weight excluding hydrogens is 833 g/mol. The highest BCUT2D eigenvalue weighted by Gasteiger charge is 2.22. The van der Waals surface area contributed by atoms with Gasteiger partial charge < -0.3 is 0 Å². The predicted octanol–water partition coefficient (Wildman–Crippen LogP) is 16.3. The van der Waals surface area contributed by atoms with E-state index in [-0.39, 0.29) is 5.41 Å². The number of benzene rings is 1. The van der Waals surface area contributed by atoms with Gasteiger partial charge in [0.25, 0.3) is 0 Å². The van der Waals surface area contributed by atoms with Gasteiger partial charge >= 0.3 is 0 Å². The molecule has 0 fully saturated rings. The molecule has 0 aliphatic rings. The van der Waals surface area contributed by atoms with Crippen molar-refractivity contribution in [3.63, 3.8) is 0 Å². The Balaban J connectivity index is 1.09. The van der Waals surface area contributed by atoms with Crippen molar-refractivity contribution < 1.29 is 0 Å². The highest BCUT2D eigenvalue weighted by molar-refractivity contribution is 7.98. The van der Waals surface area contributed by atoms with Gasteiger partial charge in [-0.25, -0.2) is 0 Å². The normalized spacial score (nSPS) is 12.2. The number of aromatic nitrogens is 2. The molecule has 1 aromatic carbocycles. The fourth-order valence-electron chi connectivity index (χ4n) is 6.46. The zero-order chi connectivity index (χ0) is 37.6. The summed E-state index contributed by atoms with van der Waals surface area (Å²) < 4.78 is 9.76. The first kappa shape index (κ1) is 38.8. The molecule has 7 heterocycles. The van der Waals surface area contributed by atoms with Crippen LogP contribution in [-0.2, 0) is 18.3 Å². The smallest absolute Gasteiger partial charge is 0.114 e. The molecule has 0 bridgehead atoms. The van der Waals surface area contributed by atoms with Crippen LogP contribution < -0.4 is 0 Å². The van der Waals surface area contributed by atoms with Crippen molar-refractivity contribution in [2.45, 2.75) is 58.8 Å². The second kappa shape index (κ2) is 16.4. The molecule has 0 N–H and O–H groups in total. The van der Waals surface area contributed by atoms with E-state index in [1.807, 2.05) is 91.5 Å². The van der Waals surface area contributed by atoms with E-state index in [4.69, 9.17) is 8.75 Å². The molecule has 0 spiro atoms. The summed E-state index contributed by atoms with van der Waals surface area (Å²) in [5.41, 5.74) is 7.43. The maximum atomic E-state index is 4.88. The van der Waals surface area contributed by atoms with E-state index < -0.39 is 0 Å². The number of fused-ring (bicyclic) bond motifs is 1. The van der Waals surface area contributed by atoms with Gasteiger partial charge in [0.1, 0.15) is 11.0 Å². The minimum absolute atomic E-state index is 0.163. The molecule has 0 amide bonds. The Bertz CT molecular complexity index is 2520. The Morgan fingerprint density at radius 3 is 1.48 bits per heavy atom. The topological polar surface area (TPSA) is 25.8 Å². The van der Waals surface area contributed by atoms with Crippen LogP contribution in [0.5, 0.6) is 0 Å². The summed E-state index contributed by atoms with van der Waals surface area (Å²) in [5, 5.41) is 0. The molecule has 54 heavy (non-hydrogen) atoms. The summed E-state index contributed by atoms with van der Waals surface area (Å²) in [7, 11) is 0. The Labute approximate surface area is 356 Å². The molecule has 8 rings (SSSR count). The second-order valence-corrected chi connectivity index (χ2v) is 23.6. The largest absolute Gasteiger partial charge is 0.172 e. The van der Waals surface area contributed by atoms with Crippen LogP contribution in [0, 0.1) is 0 Å². The molecule has 278 valence electrons. The molecule has 0 unspecified atom stereocenters. The van der Waals surface area contributed by atoms with Gasteiger partial charge in [-0.2, -0.15) is 32.3 Å². The van der Waals surface area contributed by atoms with Crippen molar-refractivity contribution in [3.8, 4) is 59.9 Å². The van der Waals surface area contributed by atoms with Crippen molar-refractivity contribution in [1.29, 1.82) is 0 Å². The van der Waals surface area contributed by atoms with Gasteiger partial charge in [-0.05, 0) is 120 Å². The Kier molecular flexibility index (Phi) is 11.8. The van der Waals surface area contributed by atoms with Crippen molar-refractivity contribution in [2.24, 2.45) is 0 Å². The molecule has 0 aliphatic heterocycles. The third-order valence-electron chi connectivity index (χ3n) is 9.40. The maximum Gasteiger partial charge on any atom is 0.114 e. The van der Waals surface area contributed by atoms with Crippen LogP contribution in [0.2, 0.25) is 0 Å². The third-order valence-corrected chi connectivity index (χ3v) is 19.4. The monoisotopic (exact) mass is 874 g/mol. The number of hydrogen-bond donors (Lipinski definition) is 0. The average Bonchev–Trinajstić information content (AvgIpc) is 3.99. The molecule has 7 aromatic heterocycles. The van der Waals surface area contributed by atoms with Crippen molar-refractivity contribution in [2.75, 3.05) is 24.0 Å². The average molecular weight is 875 g/mol. The minimum Gasteiger partial charge on any atom is -0.172 e. The third kappa shape index (κ3) is 7.91. The fourth-order valence-corrected chi connectivity index (χ4v) is 14.9. The van der Waals surface area contributed by atoms with Gasteiger partial charge in [0, 0.05) is 69.7 Å². The number of thiophene rings is 6. The highest BCUT2D eigenvalue weighted by Crippen LogP contribution is 2.49. The molecule has 0 radical (unpaired) electrons. The number of thioether (sulfide) groups is 2. The van der Waals surface area contributed by atoms with E-state index in [1.54, 1.807) is 0 Å². The Hall–Kier alpha value is -2.06. The first-order chi connectivity index (χ1) is 26.1. The van der Waals surface area contributed by atoms with Crippen LogP contribution in [0.15, 0.2) is 72.8 Å². The molecule has 2 nitrogen and oxygen atoms in total. The van der Waals surface area contributed by atoms with E-state index in [0.29, 0.717) is 5.92 Å². The fraction of sp³-hybridized carbons (Fsp3) is 0.302. The molecular formula is C43H42N2S9. The summed E-state index contributed by atoms with van der Waals surface area (Å²) >= 11 is 16.7. The van der Waals surface area contributed by atoms with E-state index in [9.17, 15) is 0 Å².